The van der Waals surface area contributed by atoms with E-state index in [1.54, 1.807) is 17.1 Å². The highest BCUT2D eigenvalue weighted by molar-refractivity contribution is 5.86. The average molecular weight is 463 g/mol. The van der Waals surface area contributed by atoms with Crippen LogP contribution in [-0.4, -0.2) is 59.6 Å². The molecule has 2 aliphatic rings. The van der Waals surface area contributed by atoms with Crippen LogP contribution < -0.4 is 5.32 Å². The third-order valence-corrected chi connectivity index (χ3v) is 6.84. The number of rotatable bonds is 14. The predicted octanol–water partition coefficient (Wildman–Crippen LogP) is 3.52. The zero-order valence-electron chi connectivity index (χ0n) is 20.0. The van der Waals surface area contributed by atoms with Crippen molar-refractivity contribution in [1.82, 2.24) is 10.2 Å². The molecule has 0 spiro atoms. The van der Waals surface area contributed by atoms with Crippen molar-refractivity contribution in [3.05, 3.63) is 25.3 Å². The van der Waals surface area contributed by atoms with Crippen LogP contribution in [0.4, 0.5) is 0 Å². The smallest absolute Gasteiger partial charge is 0.306 e. The number of likely N-dealkylation sites (tertiary alicyclic amines) is 1. The average Bonchev–Trinajstić information content (AvgIpc) is 3.30. The SMILES string of the molecule is C=CCCC(=O)OC[C@H](CC1CCCCC1)NC(=O)[C@H](CC=C)CC(=O)N1CCC[C@H]1CO. The lowest BCUT2D eigenvalue weighted by atomic mass is 9.84. The fourth-order valence-corrected chi connectivity index (χ4v) is 4.96. The van der Waals surface area contributed by atoms with Crippen molar-refractivity contribution in [3.8, 4) is 0 Å². The lowest BCUT2D eigenvalue weighted by Gasteiger charge is -2.29. The summed E-state index contributed by atoms with van der Waals surface area (Å²) in [6.45, 7) is 8.10. The molecule has 0 aromatic heterocycles. The number of esters is 1. The van der Waals surface area contributed by atoms with Gasteiger partial charge in [0.05, 0.1) is 24.6 Å². The van der Waals surface area contributed by atoms with E-state index in [-0.39, 0.29) is 55.9 Å². The van der Waals surface area contributed by atoms with Crippen molar-refractivity contribution in [1.29, 1.82) is 0 Å². The van der Waals surface area contributed by atoms with E-state index in [0.29, 0.717) is 25.3 Å². The third kappa shape index (κ3) is 9.32. The van der Waals surface area contributed by atoms with Crippen molar-refractivity contribution in [2.75, 3.05) is 19.8 Å². The number of aliphatic hydroxyl groups is 1. The molecule has 7 nitrogen and oxygen atoms in total. The molecule has 33 heavy (non-hydrogen) atoms. The van der Waals surface area contributed by atoms with E-state index in [4.69, 9.17) is 4.74 Å². The molecule has 1 aliphatic heterocycles. The van der Waals surface area contributed by atoms with Crippen LogP contribution in [0.1, 0.15) is 77.0 Å². The first-order chi connectivity index (χ1) is 16.0. The Bertz CT molecular complexity index is 659. The van der Waals surface area contributed by atoms with Gasteiger partial charge in [0.2, 0.25) is 11.8 Å². The van der Waals surface area contributed by atoms with Crippen LogP contribution in [-0.2, 0) is 19.1 Å². The number of amides is 2. The van der Waals surface area contributed by atoms with Gasteiger partial charge in [-0.3, -0.25) is 14.4 Å². The number of hydrogen-bond acceptors (Lipinski definition) is 5. The molecule has 0 aromatic rings. The highest BCUT2D eigenvalue weighted by Crippen LogP contribution is 2.28. The second-order valence-corrected chi connectivity index (χ2v) is 9.45. The van der Waals surface area contributed by atoms with E-state index < -0.39 is 5.92 Å². The van der Waals surface area contributed by atoms with Crippen molar-refractivity contribution in [3.63, 3.8) is 0 Å². The number of ether oxygens (including phenoxy) is 1. The molecule has 1 heterocycles. The normalized spacial score (nSPS) is 20.6. The topological polar surface area (TPSA) is 95.9 Å². The van der Waals surface area contributed by atoms with E-state index in [2.05, 4.69) is 18.5 Å². The molecule has 3 atom stereocenters. The van der Waals surface area contributed by atoms with E-state index in [1.807, 2.05) is 0 Å². The summed E-state index contributed by atoms with van der Waals surface area (Å²) in [6, 6.07) is -0.424. The van der Waals surface area contributed by atoms with E-state index >= 15 is 0 Å². The number of aliphatic hydroxyl groups excluding tert-OH is 1. The summed E-state index contributed by atoms with van der Waals surface area (Å²) in [5, 5.41) is 12.6. The molecular formula is C26H42N2O5. The summed E-state index contributed by atoms with van der Waals surface area (Å²) in [5.41, 5.74) is 0. The molecule has 1 aliphatic carbocycles. The van der Waals surface area contributed by atoms with Crippen molar-refractivity contribution in [2.24, 2.45) is 11.8 Å². The van der Waals surface area contributed by atoms with Crippen LogP contribution in [0, 0.1) is 11.8 Å². The molecule has 2 N–H and O–H groups in total. The predicted molar refractivity (Wildman–Crippen MR) is 128 cm³/mol. The number of carbonyl (C=O) groups is 3. The third-order valence-electron chi connectivity index (χ3n) is 6.84. The number of carbonyl (C=O) groups excluding carboxylic acids is 3. The van der Waals surface area contributed by atoms with Gasteiger partial charge in [0.1, 0.15) is 6.61 Å². The molecule has 7 heteroatoms. The van der Waals surface area contributed by atoms with Crippen LogP contribution in [0.25, 0.3) is 0 Å². The maximum atomic E-state index is 13.2. The zero-order chi connectivity index (χ0) is 24.1. The molecule has 0 aromatic carbocycles. The van der Waals surface area contributed by atoms with Crippen LogP contribution >= 0.6 is 0 Å². The fourth-order valence-electron chi connectivity index (χ4n) is 4.96. The Hall–Kier alpha value is -2.15. The highest BCUT2D eigenvalue weighted by atomic mass is 16.5. The summed E-state index contributed by atoms with van der Waals surface area (Å²) in [6.07, 6.45) is 13.0. The quantitative estimate of drug-likeness (QED) is 0.304. The van der Waals surface area contributed by atoms with Gasteiger partial charge in [0.15, 0.2) is 0 Å². The number of nitrogens with one attached hydrogen (secondary N) is 1. The Morgan fingerprint density at radius 3 is 2.52 bits per heavy atom. The van der Waals surface area contributed by atoms with Crippen molar-refractivity contribution in [2.45, 2.75) is 89.1 Å². The molecular weight excluding hydrogens is 420 g/mol. The van der Waals surface area contributed by atoms with Gasteiger partial charge < -0.3 is 20.1 Å². The number of nitrogens with zero attached hydrogens (tertiary/aromatic N) is 1. The van der Waals surface area contributed by atoms with Crippen LogP contribution in [0.15, 0.2) is 25.3 Å². The molecule has 2 rings (SSSR count). The highest BCUT2D eigenvalue weighted by Gasteiger charge is 2.32. The van der Waals surface area contributed by atoms with Gasteiger partial charge in [0, 0.05) is 19.4 Å². The number of allylic oxidation sites excluding steroid dienone is 2. The Morgan fingerprint density at radius 2 is 1.85 bits per heavy atom. The molecule has 0 unspecified atom stereocenters. The van der Waals surface area contributed by atoms with E-state index in [1.165, 1.54) is 19.3 Å². The first-order valence-electron chi connectivity index (χ1n) is 12.6. The minimum atomic E-state index is -0.528. The Kier molecular flexibility index (Phi) is 12.2. The van der Waals surface area contributed by atoms with Crippen molar-refractivity contribution >= 4 is 17.8 Å². The maximum Gasteiger partial charge on any atom is 0.306 e. The molecule has 186 valence electrons. The van der Waals surface area contributed by atoms with Crippen LogP contribution in [0.3, 0.4) is 0 Å². The zero-order valence-corrected chi connectivity index (χ0v) is 20.0. The summed E-state index contributed by atoms with van der Waals surface area (Å²) < 4.78 is 5.45. The minimum absolute atomic E-state index is 0.0508. The Balaban J connectivity index is 1.99. The molecule has 0 radical (unpaired) electrons. The van der Waals surface area contributed by atoms with Gasteiger partial charge in [-0.2, -0.15) is 0 Å². The van der Waals surface area contributed by atoms with Gasteiger partial charge in [-0.15, -0.1) is 13.2 Å². The molecule has 0 bridgehead atoms. The largest absolute Gasteiger partial charge is 0.463 e. The summed E-state index contributed by atoms with van der Waals surface area (Å²) >= 11 is 0. The summed E-state index contributed by atoms with van der Waals surface area (Å²) in [7, 11) is 0. The van der Waals surface area contributed by atoms with E-state index in [0.717, 1.165) is 32.1 Å². The lowest BCUT2D eigenvalue weighted by molar-refractivity contribution is -0.145. The summed E-state index contributed by atoms with van der Waals surface area (Å²) in [4.78, 5) is 39.7. The molecule has 2 fully saturated rings. The second-order valence-electron chi connectivity index (χ2n) is 9.45. The van der Waals surface area contributed by atoms with Crippen molar-refractivity contribution < 1.29 is 24.2 Å². The fraction of sp³-hybridized carbons (Fsp3) is 0.731. The van der Waals surface area contributed by atoms with Gasteiger partial charge >= 0.3 is 5.97 Å². The first-order valence-corrected chi connectivity index (χ1v) is 12.6. The molecule has 1 saturated heterocycles. The lowest BCUT2D eigenvalue weighted by Crippen LogP contribution is -2.45. The second kappa shape index (κ2) is 14.9. The summed E-state index contributed by atoms with van der Waals surface area (Å²) in [5.74, 6) is -0.621. The maximum absolute atomic E-state index is 13.2. The van der Waals surface area contributed by atoms with Crippen LogP contribution in [0.5, 0.6) is 0 Å². The monoisotopic (exact) mass is 462 g/mol. The molecule has 1 saturated carbocycles. The van der Waals surface area contributed by atoms with Gasteiger partial charge in [0.25, 0.3) is 0 Å². The minimum Gasteiger partial charge on any atom is -0.463 e. The van der Waals surface area contributed by atoms with Gasteiger partial charge in [-0.1, -0.05) is 44.3 Å². The van der Waals surface area contributed by atoms with Gasteiger partial charge in [-0.05, 0) is 38.0 Å². The Morgan fingerprint density at radius 1 is 1.09 bits per heavy atom. The first kappa shape index (κ1) is 27.1. The standard InChI is InChI=1S/C26H42N2O5/c1-3-5-14-25(31)33-19-22(16-20-11-7-6-8-12-20)27-26(32)21(10-4-2)17-24(30)28-15-9-13-23(28)18-29/h3-4,20-23,29H,1-2,5-19H2,(H,27,32)/t21-,22+,23+/m1/s1. The van der Waals surface area contributed by atoms with Gasteiger partial charge in [-0.25, -0.2) is 0 Å². The molecule has 2 amide bonds. The van der Waals surface area contributed by atoms with E-state index in [9.17, 15) is 19.5 Å². The van der Waals surface area contributed by atoms with Crippen LogP contribution in [0.2, 0.25) is 0 Å². The Labute approximate surface area is 198 Å². The number of hydrogen-bond donors (Lipinski definition) is 2.